The predicted octanol–water partition coefficient (Wildman–Crippen LogP) is 2.39. The van der Waals surface area contributed by atoms with Gasteiger partial charge in [-0.05, 0) is 24.6 Å². The van der Waals surface area contributed by atoms with Crippen molar-refractivity contribution in [1.82, 2.24) is 4.98 Å². The van der Waals surface area contributed by atoms with Crippen LogP contribution in [0.4, 0.5) is 5.69 Å². The van der Waals surface area contributed by atoms with E-state index in [-0.39, 0.29) is 0 Å². The van der Waals surface area contributed by atoms with E-state index in [1.807, 2.05) is 6.92 Å². The van der Waals surface area contributed by atoms with Crippen molar-refractivity contribution in [3.05, 3.63) is 30.0 Å². The zero-order chi connectivity index (χ0) is 13.8. The Morgan fingerprint density at radius 1 is 1.47 bits per heavy atom. The summed E-state index contributed by atoms with van der Waals surface area (Å²) < 4.78 is 10.4. The SMILES string of the molecule is CCCOC(=O)c1cc(OC)c2ncccc2c1N. The fraction of sp³-hybridized carbons (Fsp3) is 0.286. The van der Waals surface area contributed by atoms with Crippen molar-refractivity contribution in [1.29, 1.82) is 0 Å². The molecule has 0 radical (unpaired) electrons. The van der Waals surface area contributed by atoms with Crippen LogP contribution in [0.5, 0.6) is 5.75 Å². The van der Waals surface area contributed by atoms with Crippen molar-refractivity contribution in [3.63, 3.8) is 0 Å². The molecule has 0 saturated carbocycles. The number of hydrogen-bond acceptors (Lipinski definition) is 5. The molecule has 0 bridgehead atoms. The van der Waals surface area contributed by atoms with Gasteiger partial charge in [-0.15, -0.1) is 0 Å². The quantitative estimate of drug-likeness (QED) is 0.675. The van der Waals surface area contributed by atoms with Crippen molar-refractivity contribution in [2.24, 2.45) is 0 Å². The van der Waals surface area contributed by atoms with E-state index in [0.717, 1.165) is 6.42 Å². The number of nitrogens with zero attached hydrogens (tertiary/aromatic N) is 1. The Morgan fingerprint density at radius 3 is 2.95 bits per heavy atom. The van der Waals surface area contributed by atoms with Crippen LogP contribution in [0.3, 0.4) is 0 Å². The summed E-state index contributed by atoms with van der Waals surface area (Å²) in [6.07, 6.45) is 2.41. The Kier molecular flexibility index (Phi) is 3.85. The zero-order valence-electron chi connectivity index (χ0n) is 11.0. The highest BCUT2D eigenvalue weighted by atomic mass is 16.5. The van der Waals surface area contributed by atoms with Crippen LogP contribution in [-0.2, 0) is 4.74 Å². The molecule has 100 valence electrons. The summed E-state index contributed by atoms with van der Waals surface area (Å²) >= 11 is 0. The van der Waals surface area contributed by atoms with Gasteiger partial charge in [0.15, 0.2) is 0 Å². The Balaban J connectivity index is 2.56. The third-order valence-corrected chi connectivity index (χ3v) is 2.77. The van der Waals surface area contributed by atoms with Crippen LogP contribution < -0.4 is 10.5 Å². The molecule has 0 fully saturated rings. The molecule has 1 heterocycles. The maximum absolute atomic E-state index is 12.0. The maximum Gasteiger partial charge on any atom is 0.340 e. The van der Waals surface area contributed by atoms with Crippen LogP contribution in [0.2, 0.25) is 0 Å². The van der Waals surface area contributed by atoms with Crippen molar-refractivity contribution in [2.45, 2.75) is 13.3 Å². The summed E-state index contributed by atoms with van der Waals surface area (Å²) in [5.41, 5.74) is 7.33. The number of fused-ring (bicyclic) bond motifs is 1. The number of carbonyl (C=O) groups excluding carboxylic acids is 1. The Labute approximate surface area is 111 Å². The number of aromatic nitrogens is 1. The molecule has 1 aromatic carbocycles. The number of benzene rings is 1. The Morgan fingerprint density at radius 2 is 2.26 bits per heavy atom. The van der Waals surface area contributed by atoms with Gasteiger partial charge in [-0.1, -0.05) is 6.92 Å². The van der Waals surface area contributed by atoms with Gasteiger partial charge in [-0.3, -0.25) is 4.98 Å². The average molecular weight is 260 g/mol. The first-order valence-corrected chi connectivity index (χ1v) is 6.07. The number of esters is 1. The summed E-state index contributed by atoms with van der Waals surface area (Å²) in [5.74, 6) is 0.0663. The highest BCUT2D eigenvalue weighted by molar-refractivity contribution is 6.06. The summed E-state index contributed by atoms with van der Waals surface area (Å²) in [6, 6.07) is 5.14. The van der Waals surface area contributed by atoms with Crippen LogP contribution in [0.15, 0.2) is 24.4 Å². The van der Waals surface area contributed by atoms with E-state index < -0.39 is 5.97 Å². The highest BCUT2D eigenvalue weighted by Gasteiger charge is 2.17. The number of nitrogens with two attached hydrogens (primary N) is 1. The molecule has 19 heavy (non-hydrogen) atoms. The number of nitrogen functional groups attached to an aromatic ring is 1. The van der Waals surface area contributed by atoms with Crippen molar-refractivity contribution >= 4 is 22.6 Å². The first-order chi connectivity index (χ1) is 9.19. The van der Waals surface area contributed by atoms with E-state index in [2.05, 4.69) is 4.98 Å². The van der Waals surface area contributed by atoms with Gasteiger partial charge in [0.25, 0.3) is 0 Å². The van der Waals surface area contributed by atoms with Crippen LogP contribution in [0.1, 0.15) is 23.7 Å². The minimum absolute atomic E-state index is 0.311. The Bertz CT molecular complexity index is 611. The van der Waals surface area contributed by atoms with E-state index >= 15 is 0 Å². The largest absolute Gasteiger partial charge is 0.494 e. The van der Waals surface area contributed by atoms with Crippen LogP contribution >= 0.6 is 0 Å². The minimum atomic E-state index is -0.441. The summed E-state index contributed by atoms with van der Waals surface area (Å²) in [5, 5.41) is 0.685. The fourth-order valence-corrected chi connectivity index (χ4v) is 1.84. The van der Waals surface area contributed by atoms with Gasteiger partial charge in [0.05, 0.1) is 25.0 Å². The molecular formula is C14H16N2O3. The number of anilines is 1. The summed E-state index contributed by atoms with van der Waals surface area (Å²) in [4.78, 5) is 16.2. The minimum Gasteiger partial charge on any atom is -0.494 e. The van der Waals surface area contributed by atoms with Gasteiger partial charge in [0.2, 0.25) is 0 Å². The van der Waals surface area contributed by atoms with Gasteiger partial charge in [-0.2, -0.15) is 0 Å². The van der Waals surface area contributed by atoms with Crippen molar-refractivity contribution < 1.29 is 14.3 Å². The van der Waals surface area contributed by atoms with E-state index in [0.29, 0.717) is 34.5 Å². The third kappa shape index (κ3) is 2.45. The number of pyridine rings is 1. The first-order valence-electron chi connectivity index (χ1n) is 6.07. The zero-order valence-corrected chi connectivity index (χ0v) is 11.0. The van der Waals surface area contributed by atoms with Crippen molar-refractivity contribution in [2.75, 3.05) is 19.5 Å². The van der Waals surface area contributed by atoms with Crippen LogP contribution in [0.25, 0.3) is 10.9 Å². The summed E-state index contributed by atoms with van der Waals surface area (Å²) in [6.45, 7) is 2.30. The van der Waals surface area contributed by atoms with Gasteiger partial charge in [-0.25, -0.2) is 4.79 Å². The molecule has 0 aliphatic carbocycles. The van der Waals surface area contributed by atoms with E-state index in [1.54, 1.807) is 24.4 Å². The molecule has 0 atom stereocenters. The molecule has 1 aromatic heterocycles. The number of carbonyl (C=O) groups is 1. The normalized spacial score (nSPS) is 10.4. The molecule has 0 saturated heterocycles. The van der Waals surface area contributed by atoms with Crippen LogP contribution in [-0.4, -0.2) is 24.7 Å². The van der Waals surface area contributed by atoms with E-state index in [9.17, 15) is 4.79 Å². The lowest BCUT2D eigenvalue weighted by Gasteiger charge is -2.11. The molecular weight excluding hydrogens is 244 g/mol. The van der Waals surface area contributed by atoms with Gasteiger partial charge in [0, 0.05) is 11.6 Å². The molecule has 0 amide bonds. The van der Waals surface area contributed by atoms with Gasteiger partial charge >= 0.3 is 5.97 Å². The standard InChI is InChI=1S/C14H16N2O3/c1-3-7-19-14(17)10-8-11(18-2)13-9(12(10)15)5-4-6-16-13/h4-6,8H,3,7,15H2,1-2H3. The van der Waals surface area contributed by atoms with Crippen molar-refractivity contribution in [3.8, 4) is 5.75 Å². The van der Waals surface area contributed by atoms with E-state index in [4.69, 9.17) is 15.2 Å². The summed E-state index contributed by atoms with van der Waals surface area (Å²) in [7, 11) is 1.53. The van der Waals surface area contributed by atoms with Gasteiger partial charge in [0.1, 0.15) is 11.3 Å². The van der Waals surface area contributed by atoms with Crippen LogP contribution in [0, 0.1) is 0 Å². The van der Waals surface area contributed by atoms with Gasteiger partial charge < -0.3 is 15.2 Å². The second-order valence-electron chi connectivity index (χ2n) is 4.08. The molecule has 0 unspecified atom stereocenters. The molecule has 5 nitrogen and oxygen atoms in total. The number of hydrogen-bond donors (Lipinski definition) is 1. The first kappa shape index (κ1) is 13.1. The number of methoxy groups -OCH3 is 1. The smallest absolute Gasteiger partial charge is 0.340 e. The fourth-order valence-electron chi connectivity index (χ4n) is 1.84. The lowest BCUT2D eigenvalue weighted by atomic mass is 10.1. The highest BCUT2D eigenvalue weighted by Crippen LogP contribution is 2.32. The molecule has 0 aliphatic rings. The predicted molar refractivity (Wildman–Crippen MR) is 73.3 cm³/mol. The second-order valence-corrected chi connectivity index (χ2v) is 4.08. The lowest BCUT2D eigenvalue weighted by molar-refractivity contribution is 0.0506. The monoisotopic (exact) mass is 260 g/mol. The molecule has 2 rings (SSSR count). The molecule has 2 N–H and O–H groups in total. The third-order valence-electron chi connectivity index (χ3n) is 2.77. The number of ether oxygens (including phenoxy) is 2. The molecule has 0 aliphatic heterocycles. The number of rotatable bonds is 4. The second kappa shape index (κ2) is 5.56. The molecule has 0 spiro atoms. The average Bonchev–Trinajstić information content (AvgIpc) is 2.45. The molecule has 2 aromatic rings. The van der Waals surface area contributed by atoms with E-state index in [1.165, 1.54) is 7.11 Å². The lowest BCUT2D eigenvalue weighted by Crippen LogP contribution is -2.10. The molecule has 5 heteroatoms. The Hall–Kier alpha value is -2.30. The topological polar surface area (TPSA) is 74.4 Å². The maximum atomic E-state index is 12.0.